The van der Waals surface area contributed by atoms with Crippen molar-refractivity contribution in [2.75, 3.05) is 13.2 Å². The van der Waals surface area contributed by atoms with Crippen molar-refractivity contribution in [2.24, 2.45) is 35.5 Å². The van der Waals surface area contributed by atoms with E-state index in [4.69, 9.17) is 0 Å². The van der Waals surface area contributed by atoms with Gasteiger partial charge < -0.3 is 10.2 Å². The second kappa shape index (κ2) is 3.21. The van der Waals surface area contributed by atoms with Gasteiger partial charge in [0.2, 0.25) is 0 Å². The average molecular weight is 196 g/mol. The van der Waals surface area contributed by atoms with E-state index >= 15 is 0 Å². The molecule has 0 heterocycles. The standard InChI is InChI=1S/C12H20O2/c13-5-7-1-10-8-3-9(6-14)11(4-8)12(10)2-7/h7-14H,1-6H2. The van der Waals surface area contributed by atoms with Crippen LogP contribution in [0, 0.1) is 35.5 Å². The Labute approximate surface area is 85.3 Å². The zero-order valence-corrected chi connectivity index (χ0v) is 8.60. The SMILES string of the molecule is OCC1CC2C3CC(CO)C(C3)C2C1. The Morgan fingerprint density at radius 3 is 2.29 bits per heavy atom. The zero-order chi connectivity index (χ0) is 9.71. The van der Waals surface area contributed by atoms with Gasteiger partial charge in [-0.1, -0.05) is 0 Å². The van der Waals surface area contributed by atoms with Crippen molar-refractivity contribution < 1.29 is 10.2 Å². The Balaban J connectivity index is 1.75. The van der Waals surface area contributed by atoms with Gasteiger partial charge in [-0.05, 0) is 61.2 Å². The molecule has 0 aliphatic heterocycles. The monoisotopic (exact) mass is 196 g/mol. The van der Waals surface area contributed by atoms with Crippen LogP contribution in [0.2, 0.25) is 0 Å². The van der Waals surface area contributed by atoms with Crippen LogP contribution in [-0.2, 0) is 0 Å². The molecule has 2 heteroatoms. The molecule has 0 spiro atoms. The highest BCUT2D eigenvalue weighted by Gasteiger charge is 2.55. The smallest absolute Gasteiger partial charge is 0.0462 e. The minimum atomic E-state index is 0.385. The molecule has 2 N–H and O–H groups in total. The number of hydrogen-bond donors (Lipinski definition) is 2. The summed E-state index contributed by atoms with van der Waals surface area (Å²) in [5.74, 6) is 4.61. The molecular formula is C12H20O2. The molecule has 6 unspecified atom stereocenters. The average Bonchev–Trinajstić information content (AvgIpc) is 2.87. The van der Waals surface area contributed by atoms with Crippen molar-refractivity contribution in [2.45, 2.75) is 25.7 Å². The molecule has 3 aliphatic carbocycles. The summed E-state index contributed by atoms with van der Waals surface area (Å²) in [6.07, 6.45) is 5.14. The molecular weight excluding hydrogens is 176 g/mol. The lowest BCUT2D eigenvalue weighted by molar-refractivity contribution is 0.120. The highest BCUT2D eigenvalue weighted by atomic mass is 16.3. The van der Waals surface area contributed by atoms with E-state index in [0.717, 1.165) is 23.7 Å². The number of hydrogen-bond acceptors (Lipinski definition) is 2. The van der Waals surface area contributed by atoms with Gasteiger partial charge in [-0.3, -0.25) is 0 Å². The molecule has 3 aliphatic rings. The fourth-order valence-electron chi connectivity index (χ4n) is 4.68. The van der Waals surface area contributed by atoms with Gasteiger partial charge in [0.15, 0.2) is 0 Å². The summed E-state index contributed by atoms with van der Waals surface area (Å²) in [5.41, 5.74) is 0. The largest absolute Gasteiger partial charge is 0.396 e. The number of fused-ring (bicyclic) bond motifs is 5. The molecule has 3 saturated carbocycles. The molecule has 6 atom stereocenters. The summed E-state index contributed by atoms with van der Waals surface area (Å²) in [6.45, 7) is 0.782. The first kappa shape index (κ1) is 9.17. The van der Waals surface area contributed by atoms with Gasteiger partial charge in [0, 0.05) is 13.2 Å². The normalized spacial score (nSPS) is 55.3. The fourth-order valence-corrected chi connectivity index (χ4v) is 4.68. The van der Waals surface area contributed by atoms with Crippen LogP contribution >= 0.6 is 0 Å². The van der Waals surface area contributed by atoms with Crippen LogP contribution in [0.1, 0.15) is 25.7 Å². The second-order valence-electron chi connectivity index (χ2n) is 5.69. The lowest BCUT2D eigenvalue weighted by Gasteiger charge is -2.30. The van der Waals surface area contributed by atoms with Crippen LogP contribution in [-0.4, -0.2) is 23.4 Å². The molecule has 0 aromatic carbocycles. The number of rotatable bonds is 2. The van der Waals surface area contributed by atoms with E-state index in [1.54, 1.807) is 0 Å². The van der Waals surface area contributed by atoms with Gasteiger partial charge in [-0.2, -0.15) is 0 Å². The molecule has 3 rings (SSSR count). The molecule has 0 amide bonds. The van der Waals surface area contributed by atoms with Crippen LogP contribution in [0.3, 0.4) is 0 Å². The molecule has 2 bridgehead atoms. The van der Waals surface area contributed by atoms with Crippen LogP contribution < -0.4 is 0 Å². The Kier molecular flexibility index (Phi) is 2.10. The minimum absolute atomic E-state index is 0.385. The summed E-state index contributed by atoms with van der Waals surface area (Å²) in [7, 11) is 0. The van der Waals surface area contributed by atoms with E-state index in [2.05, 4.69) is 0 Å². The summed E-state index contributed by atoms with van der Waals surface area (Å²) < 4.78 is 0. The van der Waals surface area contributed by atoms with E-state index in [1.807, 2.05) is 0 Å². The molecule has 14 heavy (non-hydrogen) atoms. The highest BCUT2D eigenvalue weighted by Crippen LogP contribution is 2.61. The fraction of sp³-hybridized carbons (Fsp3) is 1.00. The molecule has 0 saturated heterocycles. The van der Waals surface area contributed by atoms with Crippen molar-refractivity contribution in [1.29, 1.82) is 0 Å². The lowest BCUT2D eigenvalue weighted by Crippen LogP contribution is -2.26. The van der Waals surface area contributed by atoms with Crippen molar-refractivity contribution >= 4 is 0 Å². The lowest BCUT2D eigenvalue weighted by atomic mass is 9.76. The first-order chi connectivity index (χ1) is 6.83. The van der Waals surface area contributed by atoms with Gasteiger partial charge in [-0.25, -0.2) is 0 Å². The minimum Gasteiger partial charge on any atom is -0.396 e. The van der Waals surface area contributed by atoms with E-state index in [1.165, 1.54) is 25.7 Å². The van der Waals surface area contributed by atoms with Crippen molar-refractivity contribution in [3.05, 3.63) is 0 Å². The molecule has 0 aromatic heterocycles. The third-order valence-electron chi connectivity index (χ3n) is 5.20. The molecule has 3 fully saturated rings. The molecule has 80 valence electrons. The highest BCUT2D eigenvalue weighted by molar-refractivity contribution is 5.04. The van der Waals surface area contributed by atoms with Crippen LogP contribution in [0.5, 0.6) is 0 Å². The van der Waals surface area contributed by atoms with Gasteiger partial charge in [0.25, 0.3) is 0 Å². The first-order valence-corrected chi connectivity index (χ1v) is 6.05. The van der Waals surface area contributed by atoms with E-state index in [9.17, 15) is 10.2 Å². The Bertz CT molecular complexity index is 226. The van der Waals surface area contributed by atoms with Gasteiger partial charge in [0.05, 0.1) is 0 Å². The van der Waals surface area contributed by atoms with Gasteiger partial charge in [0.1, 0.15) is 0 Å². The van der Waals surface area contributed by atoms with Crippen LogP contribution in [0.4, 0.5) is 0 Å². The number of aliphatic hydroxyl groups is 2. The second-order valence-corrected chi connectivity index (χ2v) is 5.69. The maximum Gasteiger partial charge on any atom is 0.0462 e. The third kappa shape index (κ3) is 1.10. The summed E-state index contributed by atoms with van der Waals surface area (Å²) in [5, 5.41) is 18.5. The van der Waals surface area contributed by atoms with Crippen LogP contribution in [0.15, 0.2) is 0 Å². The first-order valence-electron chi connectivity index (χ1n) is 6.05. The third-order valence-corrected chi connectivity index (χ3v) is 5.20. The molecule has 0 radical (unpaired) electrons. The quantitative estimate of drug-likeness (QED) is 0.698. The maximum absolute atomic E-state index is 9.28. The van der Waals surface area contributed by atoms with Crippen molar-refractivity contribution in [1.82, 2.24) is 0 Å². The Hall–Kier alpha value is -0.0800. The molecule has 2 nitrogen and oxygen atoms in total. The van der Waals surface area contributed by atoms with Gasteiger partial charge in [-0.15, -0.1) is 0 Å². The summed E-state index contributed by atoms with van der Waals surface area (Å²) in [6, 6.07) is 0. The van der Waals surface area contributed by atoms with Crippen LogP contribution in [0.25, 0.3) is 0 Å². The Morgan fingerprint density at radius 1 is 0.786 bits per heavy atom. The van der Waals surface area contributed by atoms with Crippen molar-refractivity contribution in [3.63, 3.8) is 0 Å². The summed E-state index contributed by atoms with van der Waals surface area (Å²) >= 11 is 0. The maximum atomic E-state index is 9.28. The van der Waals surface area contributed by atoms with E-state index in [0.29, 0.717) is 25.0 Å². The predicted molar refractivity (Wildman–Crippen MR) is 53.6 cm³/mol. The Morgan fingerprint density at radius 2 is 1.57 bits per heavy atom. The van der Waals surface area contributed by atoms with E-state index < -0.39 is 0 Å². The van der Waals surface area contributed by atoms with E-state index in [-0.39, 0.29) is 0 Å². The predicted octanol–water partition coefficient (Wildman–Crippen LogP) is 1.27. The zero-order valence-electron chi connectivity index (χ0n) is 8.60. The molecule has 0 aromatic rings. The summed E-state index contributed by atoms with van der Waals surface area (Å²) in [4.78, 5) is 0. The van der Waals surface area contributed by atoms with Gasteiger partial charge >= 0.3 is 0 Å². The number of aliphatic hydroxyl groups excluding tert-OH is 2. The van der Waals surface area contributed by atoms with Crippen molar-refractivity contribution in [3.8, 4) is 0 Å². The topological polar surface area (TPSA) is 40.5 Å².